The Kier molecular flexibility index (Phi) is 8.00. The number of piperidine rings is 1. The number of likely N-dealkylation sites (tertiary alicyclic amines) is 1. The van der Waals surface area contributed by atoms with Crippen molar-refractivity contribution in [1.82, 2.24) is 9.80 Å². The summed E-state index contributed by atoms with van der Waals surface area (Å²) in [7, 11) is -3.37. The van der Waals surface area contributed by atoms with E-state index in [0.29, 0.717) is 49.3 Å². The van der Waals surface area contributed by atoms with Crippen LogP contribution in [0.1, 0.15) is 38.2 Å². The first-order valence-corrected chi connectivity index (χ1v) is 17.2. The number of likely N-dealkylation sites (N-methyl/N-ethyl adjacent to an activating group) is 1. The van der Waals surface area contributed by atoms with Crippen molar-refractivity contribution in [1.29, 1.82) is 0 Å². The summed E-state index contributed by atoms with van der Waals surface area (Å²) in [6.07, 6.45) is 4.79. The van der Waals surface area contributed by atoms with E-state index < -0.39 is 15.4 Å². The third kappa shape index (κ3) is 5.54. The maximum atomic E-state index is 14.1. The third-order valence-corrected chi connectivity index (χ3v) is 10.6. The zero-order valence-corrected chi connectivity index (χ0v) is 26.2. The first kappa shape index (κ1) is 29.7. The number of imide groups is 1. The highest BCUT2D eigenvalue weighted by molar-refractivity contribution is 7.90. The van der Waals surface area contributed by atoms with E-state index in [-0.39, 0.29) is 21.9 Å². The van der Waals surface area contributed by atoms with Gasteiger partial charge in [-0.25, -0.2) is 18.1 Å². The van der Waals surface area contributed by atoms with Gasteiger partial charge >= 0.3 is 6.03 Å². The number of nitrogens with zero attached hydrogens (tertiary/aromatic N) is 4. The molecule has 3 aromatic rings. The van der Waals surface area contributed by atoms with Crippen LogP contribution in [0, 0.1) is 0 Å². The SMILES string of the molecule is CCN1C(=O)N(c2ccc(-c3cccc(S(C)(=O)=O)c3)cc2Cl)C(=O)C12CCN(Cc1ccc(N3CCCC3)cc1)CC2. The average molecular weight is 621 g/mol. The molecule has 43 heavy (non-hydrogen) atoms. The number of carbonyl (C=O) groups is 2. The topological polar surface area (TPSA) is 81.2 Å². The molecule has 0 saturated carbocycles. The van der Waals surface area contributed by atoms with Crippen molar-refractivity contribution in [2.45, 2.75) is 49.6 Å². The minimum atomic E-state index is -3.37. The van der Waals surface area contributed by atoms with Gasteiger partial charge in [0.25, 0.3) is 5.91 Å². The van der Waals surface area contributed by atoms with Crippen LogP contribution in [-0.2, 0) is 21.2 Å². The molecule has 1 spiro atoms. The van der Waals surface area contributed by atoms with Gasteiger partial charge in [0.15, 0.2) is 9.84 Å². The van der Waals surface area contributed by atoms with Gasteiger partial charge in [0.05, 0.1) is 15.6 Å². The fourth-order valence-electron chi connectivity index (χ4n) is 6.75. The van der Waals surface area contributed by atoms with Gasteiger partial charge in [-0.2, -0.15) is 0 Å². The molecule has 0 aromatic heterocycles. The van der Waals surface area contributed by atoms with Crippen LogP contribution in [0.15, 0.2) is 71.6 Å². The molecular formula is C33H37ClN4O4S. The Bertz CT molecular complexity index is 1650. The van der Waals surface area contributed by atoms with Crippen LogP contribution in [0.4, 0.5) is 16.2 Å². The normalized spacial score (nSPS) is 19.2. The number of halogens is 1. The van der Waals surface area contributed by atoms with Crippen LogP contribution in [0.2, 0.25) is 5.02 Å². The Morgan fingerprint density at radius 2 is 1.53 bits per heavy atom. The standard InChI is InChI=1S/C33H37ClN4O4S/c1-3-37-32(40)38(30-14-11-26(22-29(30)34)25-7-6-8-28(21-25)43(2,41)42)31(39)33(37)15-19-35(20-16-33)23-24-9-12-27(13-10-24)36-17-4-5-18-36/h6-14,21-22H,3-5,15-20,23H2,1-2H3. The summed E-state index contributed by atoms with van der Waals surface area (Å²) in [5.41, 5.74) is 3.35. The van der Waals surface area contributed by atoms with Crippen LogP contribution in [-0.4, -0.2) is 74.7 Å². The molecule has 0 radical (unpaired) electrons. The molecule has 0 aliphatic carbocycles. The number of benzene rings is 3. The third-order valence-electron chi connectivity index (χ3n) is 9.14. The van der Waals surface area contributed by atoms with Gasteiger partial charge in [-0.3, -0.25) is 9.69 Å². The molecule has 3 heterocycles. The predicted octanol–water partition coefficient (Wildman–Crippen LogP) is 5.83. The summed E-state index contributed by atoms with van der Waals surface area (Å²) in [5, 5.41) is 0.256. The number of sulfone groups is 1. The van der Waals surface area contributed by atoms with E-state index in [9.17, 15) is 18.0 Å². The molecule has 0 unspecified atom stereocenters. The second kappa shape index (κ2) is 11.6. The summed E-state index contributed by atoms with van der Waals surface area (Å²) in [6, 6.07) is 20.2. The van der Waals surface area contributed by atoms with E-state index >= 15 is 0 Å². The molecule has 10 heteroatoms. The molecule has 0 N–H and O–H groups in total. The Hall–Kier alpha value is -3.40. The smallest absolute Gasteiger partial charge is 0.332 e. The van der Waals surface area contributed by atoms with Crippen molar-refractivity contribution in [2.24, 2.45) is 0 Å². The Labute approximate surface area is 258 Å². The number of amides is 3. The molecule has 6 rings (SSSR count). The molecule has 3 saturated heterocycles. The summed E-state index contributed by atoms with van der Waals surface area (Å²) in [4.78, 5) is 35.7. The van der Waals surface area contributed by atoms with Crippen molar-refractivity contribution < 1.29 is 18.0 Å². The molecule has 3 amide bonds. The highest BCUT2D eigenvalue weighted by Crippen LogP contribution is 2.42. The Morgan fingerprint density at radius 3 is 2.16 bits per heavy atom. The number of hydrogen-bond donors (Lipinski definition) is 0. The van der Waals surface area contributed by atoms with E-state index in [1.54, 1.807) is 47.4 Å². The summed E-state index contributed by atoms with van der Waals surface area (Å²) in [6.45, 7) is 6.81. The van der Waals surface area contributed by atoms with Crippen LogP contribution < -0.4 is 9.80 Å². The van der Waals surface area contributed by atoms with E-state index in [0.717, 1.165) is 19.6 Å². The van der Waals surface area contributed by atoms with Crippen LogP contribution in [0.3, 0.4) is 0 Å². The second-order valence-electron chi connectivity index (χ2n) is 11.8. The van der Waals surface area contributed by atoms with Gasteiger partial charge < -0.3 is 9.80 Å². The lowest BCUT2D eigenvalue weighted by atomic mass is 9.85. The van der Waals surface area contributed by atoms with Gasteiger partial charge in [-0.15, -0.1) is 0 Å². The minimum absolute atomic E-state index is 0.209. The van der Waals surface area contributed by atoms with Crippen molar-refractivity contribution in [2.75, 3.05) is 48.8 Å². The van der Waals surface area contributed by atoms with Gasteiger partial charge in [0, 0.05) is 51.2 Å². The summed E-state index contributed by atoms with van der Waals surface area (Å²) >= 11 is 6.71. The van der Waals surface area contributed by atoms with E-state index in [4.69, 9.17) is 11.6 Å². The van der Waals surface area contributed by atoms with Crippen molar-refractivity contribution >= 4 is 44.8 Å². The lowest BCUT2D eigenvalue weighted by molar-refractivity contribution is -0.127. The van der Waals surface area contributed by atoms with Gasteiger partial charge in [0.2, 0.25) is 0 Å². The highest BCUT2D eigenvalue weighted by Gasteiger charge is 2.58. The first-order valence-electron chi connectivity index (χ1n) is 14.9. The number of urea groups is 1. The molecule has 3 aromatic carbocycles. The minimum Gasteiger partial charge on any atom is -0.372 e. The first-order chi connectivity index (χ1) is 20.6. The molecular weight excluding hydrogens is 584 g/mol. The maximum Gasteiger partial charge on any atom is 0.332 e. The van der Waals surface area contributed by atoms with Gasteiger partial charge in [-0.1, -0.05) is 41.9 Å². The molecule has 3 fully saturated rings. The monoisotopic (exact) mass is 620 g/mol. The average Bonchev–Trinajstić information content (AvgIpc) is 3.60. The second-order valence-corrected chi connectivity index (χ2v) is 14.2. The zero-order valence-electron chi connectivity index (χ0n) is 24.6. The number of hydrogen-bond acceptors (Lipinski definition) is 6. The predicted molar refractivity (Wildman–Crippen MR) is 170 cm³/mol. The molecule has 226 valence electrons. The van der Waals surface area contributed by atoms with Crippen LogP contribution in [0.25, 0.3) is 11.1 Å². The highest BCUT2D eigenvalue weighted by atomic mass is 35.5. The molecule has 0 atom stereocenters. The Balaban J connectivity index is 1.18. The molecule has 0 bridgehead atoms. The van der Waals surface area contributed by atoms with E-state index in [1.165, 1.54) is 35.2 Å². The fraction of sp³-hybridized carbons (Fsp3) is 0.394. The molecule has 3 aliphatic rings. The van der Waals surface area contributed by atoms with Crippen LogP contribution in [0.5, 0.6) is 0 Å². The van der Waals surface area contributed by atoms with Crippen LogP contribution >= 0.6 is 11.6 Å². The lowest BCUT2D eigenvalue weighted by Crippen LogP contribution is -2.56. The van der Waals surface area contributed by atoms with Crippen molar-refractivity contribution in [3.05, 3.63) is 77.3 Å². The fourth-order valence-corrected chi connectivity index (χ4v) is 7.68. The largest absolute Gasteiger partial charge is 0.372 e. The maximum absolute atomic E-state index is 14.1. The Morgan fingerprint density at radius 1 is 0.860 bits per heavy atom. The van der Waals surface area contributed by atoms with Crippen molar-refractivity contribution in [3.63, 3.8) is 0 Å². The summed E-state index contributed by atoms with van der Waals surface area (Å²) in [5.74, 6) is -0.234. The molecule has 8 nitrogen and oxygen atoms in total. The van der Waals surface area contributed by atoms with Gasteiger partial charge in [-0.05, 0) is 85.7 Å². The number of rotatable bonds is 7. The number of anilines is 2. The quantitative estimate of drug-likeness (QED) is 0.309. The lowest BCUT2D eigenvalue weighted by Gasteiger charge is -2.41. The van der Waals surface area contributed by atoms with Crippen molar-refractivity contribution in [3.8, 4) is 11.1 Å². The zero-order chi connectivity index (χ0) is 30.4. The number of carbonyl (C=O) groups excluding carboxylic acids is 2. The van der Waals surface area contributed by atoms with E-state index in [1.807, 2.05) is 6.92 Å². The summed E-state index contributed by atoms with van der Waals surface area (Å²) < 4.78 is 24.1. The van der Waals surface area contributed by atoms with E-state index in [2.05, 4.69) is 34.1 Å². The van der Waals surface area contributed by atoms with Gasteiger partial charge in [0.1, 0.15) is 5.54 Å². The molecule has 3 aliphatic heterocycles.